The lowest BCUT2D eigenvalue weighted by molar-refractivity contribution is -0.119. The Bertz CT molecular complexity index is 685. The average molecular weight is 349 g/mol. The smallest absolute Gasteiger partial charge is 0.250 e. The fraction of sp³-hybridized carbons (Fsp3) is 0.312. The molecule has 1 aromatic rings. The monoisotopic (exact) mass is 349 g/mol. The number of thiol groups is 1. The molecule has 0 aliphatic heterocycles. The summed E-state index contributed by atoms with van der Waals surface area (Å²) in [5.74, 6) is -1.07. The highest BCUT2D eigenvalue weighted by Crippen LogP contribution is 2.24. The molecule has 7 nitrogen and oxygen atoms in total. The number of hydrogen-bond acceptors (Lipinski definition) is 6. The summed E-state index contributed by atoms with van der Waals surface area (Å²) in [5.41, 5.74) is 12.4. The molecule has 7 N–H and O–H groups in total. The summed E-state index contributed by atoms with van der Waals surface area (Å²) in [6.07, 6.45) is 1.49. The van der Waals surface area contributed by atoms with E-state index in [9.17, 15) is 9.59 Å². The summed E-state index contributed by atoms with van der Waals surface area (Å²) >= 11 is 4.23. The Morgan fingerprint density at radius 2 is 1.92 bits per heavy atom. The number of nitrogens with one attached hydrogen (secondary N) is 3. The van der Waals surface area contributed by atoms with Gasteiger partial charge in [-0.3, -0.25) is 9.59 Å². The third kappa shape index (κ3) is 5.62. The fourth-order valence-electron chi connectivity index (χ4n) is 2.08. The molecule has 0 aliphatic rings. The first kappa shape index (κ1) is 19.6. The zero-order valence-corrected chi connectivity index (χ0v) is 14.8. The number of carbonyl (C=O) groups is 2. The summed E-state index contributed by atoms with van der Waals surface area (Å²) in [5, 5.41) is 13.8. The molecule has 0 aromatic heterocycles. The molecule has 0 saturated carbocycles. The van der Waals surface area contributed by atoms with Crippen molar-refractivity contribution >= 4 is 41.5 Å². The van der Waals surface area contributed by atoms with Gasteiger partial charge in [0.15, 0.2) is 0 Å². The summed E-state index contributed by atoms with van der Waals surface area (Å²) in [6, 6.07) is 4.28. The Labute approximate surface area is 146 Å². The first-order valence-corrected chi connectivity index (χ1v) is 7.79. The number of hydrogen-bond donors (Lipinski definition) is 6. The third-order valence-electron chi connectivity index (χ3n) is 3.20. The van der Waals surface area contributed by atoms with Gasteiger partial charge in [-0.15, -0.1) is 12.6 Å². The Hall–Kier alpha value is -2.48. The second kappa shape index (κ2) is 8.39. The maximum Gasteiger partial charge on any atom is 0.250 e. The van der Waals surface area contributed by atoms with Crippen LogP contribution in [0.2, 0.25) is 0 Å². The van der Waals surface area contributed by atoms with Gasteiger partial charge >= 0.3 is 0 Å². The minimum atomic E-state index is -0.605. The van der Waals surface area contributed by atoms with E-state index in [-0.39, 0.29) is 11.5 Å². The van der Waals surface area contributed by atoms with Crippen LogP contribution in [-0.2, 0) is 4.79 Å². The van der Waals surface area contributed by atoms with Crippen molar-refractivity contribution in [2.75, 3.05) is 10.6 Å². The number of rotatable bonds is 8. The van der Waals surface area contributed by atoms with E-state index in [0.717, 1.165) is 0 Å². The Morgan fingerprint density at radius 1 is 1.29 bits per heavy atom. The van der Waals surface area contributed by atoms with Gasteiger partial charge in [-0.05, 0) is 37.1 Å². The van der Waals surface area contributed by atoms with E-state index in [0.29, 0.717) is 22.1 Å². The second-order valence-corrected chi connectivity index (χ2v) is 6.21. The van der Waals surface area contributed by atoms with Crippen molar-refractivity contribution in [2.24, 2.45) is 17.4 Å². The standard InChI is InChI=1S/C16H23N5O2S/c1-8(2)14(16(19)23)20-10-4-5-11(15(18)22)12(7-10)21-13(24)6-9(3)17/h4-8,14,17,20-21,24H,1-3H3,(H2,18,22)(H2,19,23)/b13-6-,17-9?/t14-/m1/s1. The highest BCUT2D eigenvalue weighted by Gasteiger charge is 2.20. The molecule has 1 aromatic carbocycles. The van der Waals surface area contributed by atoms with Crippen LogP contribution in [0.4, 0.5) is 11.4 Å². The van der Waals surface area contributed by atoms with Crippen LogP contribution in [0, 0.1) is 11.3 Å². The summed E-state index contributed by atoms with van der Waals surface area (Å²) in [7, 11) is 0. The van der Waals surface area contributed by atoms with Crippen LogP contribution in [0.1, 0.15) is 31.1 Å². The predicted octanol–water partition coefficient (Wildman–Crippen LogP) is 1.93. The molecule has 0 radical (unpaired) electrons. The van der Waals surface area contributed by atoms with Crippen molar-refractivity contribution in [1.29, 1.82) is 5.41 Å². The van der Waals surface area contributed by atoms with Crippen LogP contribution in [0.15, 0.2) is 29.3 Å². The predicted molar refractivity (Wildman–Crippen MR) is 100 cm³/mol. The molecule has 2 amide bonds. The zero-order chi connectivity index (χ0) is 18.4. The van der Waals surface area contributed by atoms with E-state index in [2.05, 4.69) is 23.3 Å². The molecule has 24 heavy (non-hydrogen) atoms. The number of amides is 2. The third-order valence-corrected chi connectivity index (χ3v) is 3.44. The highest BCUT2D eigenvalue weighted by atomic mass is 32.1. The lowest BCUT2D eigenvalue weighted by Crippen LogP contribution is -2.39. The second-order valence-electron chi connectivity index (χ2n) is 5.73. The van der Waals surface area contributed by atoms with Crippen LogP contribution in [0.3, 0.4) is 0 Å². The molecule has 0 fully saturated rings. The van der Waals surface area contributed by atoms with E-state index in [1.807, 2.05) is 13.8 Å². The van der Waals surface area contributed by atoms with Crippen molar-refractivity contribution in [3.05, 3.63) is 34.9 Å². The van der Waals surface area contributed by atoms with Gasteiger partial charge in [-0.1, -0.05) is 13.8 Å². The van der Waals surface area contributed by atoms with Gasteiger partial charge in [0.25, 0.3) is 5.91 Å². The molecule has 0 aliphatic carbocycles. The minimum Gasteiger partial charge on any atom is -0.373 e. The van der Waals surface area contributed by atoms with Crippen molar-refractivity contribution in [1.82, 2.24) is 0 Å². The number of primary amides is 2. The van der Waals surface area contributed by atoms with E-state index in [4.69, 9.17) is 16.9 Å². The Morgan fingerprint density at radius 3 is 2.38 bits per heavy atom. The number of carbonyl (C=O) groups excluding carboxylic acids is 2. The SMILES string of the molecule is CC(=N)/C=C(\S)Nc1cc(N[C@@H](C(N)=O)C(C)C)ccc1C(N)=O. The summed E-state index contributed by atoms with van der Waals surface area (Å²) in [4.78, 5) is 23.1. The number of nitrogens with two attached hydrogens (primary N) is 2. The molecule has 130 valence electrons. The van der Waals surface area contributed by atoms with Crippen LogP contribution in [-0.4, -0.2) is 23.6 Å². The highest BCUT2D eigenvalue weighted by molar-refractivity contribution is 7.84. The van der Waals surface area contributed by atoms with Crippen molar-refractivity contribution in [3.63, 3.8) is 0 Å². The quantitative estimate of drug-likeness (QED) is 0.316. The van der Waals surface area contributed by atoms with Crippen molar-refractivity contribution in [2.45, 2.75) is 26.8 Å². The van der Waals surface area contributed by atoms with Crippen LogP contribution in [0.5, 0.6) is 0 Å². The van der Waals surface area contributed by atoms with E-state index in [1.54, 1.807) is 25.1 Å². The average Bonchev–Trinajstić information content (AvgIpc) is 2.42. The maximum absolute atomic E-state index is 11.6. The normalized spacial score (nSPS) is 12.6. The van der Waals surface area contributed by atoms with E-state index >= 15 is 0 Å². The first-order chi connectivity index (χ1) is 11.1. The molecular weight excluding hydrogens is 326 g/mol. The molecule has 0 saturated heterocycles. The molecule has 0 heterocycles. The maximum atomic E-state index is 11.6. The first-order valence-electron chi connectivity index (χ1n) is 7.34. The fourth-order valence-corrected chi connectivity index (χ4v) is 2.39. The van der Waals surface area contributed by atoms with Gasteiger partial charge in [0.2, 0.25) is 5.91 Å². The van der Waals surface area contributed by atoms with Gasteiger partial charge < -0.3 is 27.5 Å². The molecular formula is C16H23N5O2S. The van der Waals surface area contributed by atoms with Crippen LogP contribution < -0.4 is 22.1 Å². The number of benzene rings is 1. The lowest BCUT2D eigenvalue weighted by atomic mass is 10.0. The van der Waals surface area contributed by atoms with Crippen molar-refractivity contribution < 1.29 is 9.59 Å². The van der Waals surface area contributed by atoms with Gasteiger partial charge in [-0.2, -0.15) is 0 Å². The van der Waals surface area contributed by atoms with Crippen LogP contribution in [0.25, 0.3) is 0 Å². The van der Waals surface area contributed by atoms with E-state index in [1.165, 1.54) is 6.08 Å². The minimum absolute atomic E-state index is 0.00405. The summed E-state index contributed by atoms with van der Waals surface area (Å²) < 4.78 is 0. The van der Waals surface area contributed by atoms with E-state index < -0.39 is 17.9 Å². The zero-order valence-electron chi connectivity index (χ0n) is 13.9. The lowest BCUT2D eigenvalue weighted by Gasteiger charge is -2.21. The molecule has 0 unspecified atom stereocenters. The van der Waals surface area contributed by atoms with Gasteiger partial charge in [0, 0.05) is 11.4 Å². The molecule has 1 rings (SSSR count). The molecule has 1 atom stereocenters. The van der Waals surface area contributed by atoms with Crippen molar-refractivity contribution in [3.8, 4) is 0 Å². The van der Waals surface area contributed by atoms with Gasteiger partial charge in [-0.25, -0.2) is 0 Å². The van der Waals surface area contributed by atoms with Gasteiger partial charge in [0.1, 0.15) is 6.04 Å². The molecule has 0 bridgehead atoms. The van der Waals surface area contributed by atoms with Gasteiger partial charge in [0.05, 0.1) is 16.3 Å². The Kier molecular flexibility index (Phi) is 6.84. The van der Waals surface area contributed by atoms with Crippen LogP contribution >= 0.6 is 12.6 Å². The number of allylic oxidation sites excluding steroid dienone is 1. The molecule has 0 spiro atoms. The summed E-state index contributed by atoms with van der Waals surface area (Å²) in [6.45, 7) is 5.35. The largest absolute Gasteiger partial charge is 0.373 e. The topological polar surface area (TPSA) is 134 Å². The molecule has 8 heteroatoms. The number of anilines is 2. The Balaban J connectivity index is 3.18.